The summed E-state index contributed by atoms with van der Waals surface area (Å²) < 4.78 is 14.3. The standard InChI is InChI=1S/C54H73N7O6/c1-11-60-44-20-19-38-29-40(44)41(47(60)39-17-13-23-55-45(39)34(2)3)30-53(9,10)33-66-50(64)42-18-14-24-61(57-42)49(63)43(28-36-15-12-16-37(38)27-36)56-48(62)46(35(4)5)58-25-21-54(31-58)22-26-59(32-54)51(65)67-52(6,7)8/h12-13,15-17,19-20,23,27,29,34-35,42-43,46,57H,11,14,18,21-22,24-26,28,30-33H2,1-10H3,(H,56,62)/t42-,43-,46-,54-/m0/s1. The van der Waals surface area contributed by atoms with Crippen LogP contribution in [-0.2, 0) is 43.2 Å². The van der Waals surface area contributed by atoms with Crippen molar-refractivity contribution in [3.8, 4) is 22.4 Å². The number of hydrogen-bond donors (Lipinski definition) is 2. The molecule has 67 heavy (non-hydrogen) atoms. The van der Waals surface area contributed by atoms with Gasteiger partial charge in [-0.15, -0.1) is 0 Å². The molecule has 4 aliphatic heterocycles. The van der Waals surface area contributed by atoms with E-state index in [-0.39, 0.29) is 48.2 Å². The third kappa shape index (κ3) is 10.3. The Morgan fingerprint density at radius 2 is 1.73 bits per heavy atom. The molecule has 3 amide bonds. The average molecular weight is 916 g/mol. The van der Waals surface area contributed by atoms with Gasteiger partial charge in [-0.3, -0.25) is 29.3 Å². The molecule has 360 valence electrons. The quantitative estimate of drug-likeness (QED) is 0.175. The minimum Gasteiger partial charge on any atom is -0.464 e. The first-order valence-electron chi connectivity index (χ1n) is 24.7. The maximum atomic E-state index is 14.8. The fourth-order valence-corrected chi connectivity index (χ4v) is 11.1. The molecule has 4 aliphatic rings. The zero-order valence-corrected chi connectivity index (χ0v) is 41.5. The van der Waals surface area contributed by atoms with Crippen LogP contribution in [0.4, 0.5) is 4.79 Å². The summed E-state index contributed by atoms with van der Waals surface area (Å²) in [5.74, 6) is -0.735. The highest BCUT2D eigenvalue weighted by molar-refractivity contribution is 5.95. The molecule has 6 heterocycles. The van der Waals surface area contributed by atoms with Gasteiger partial charge in [0.05, 0.1) is 24.0 Å². The van der Waals surface area contributed by atoms with E-state index in [1.54, 1.807) is 0 Å². The van der Waals surface area contributed by atoms with Crippen molar-refractivity contribution in [1.82, 2.24) is 35.1 Å². The third-order valence-electron chi connectivity index (χ3n) is 14.3. The van der Waals surface area contributed by atoms with Crippen molar-refractivity contribution in [3.05, 3.63) is 77.6 Å². The van der Waals surface area contributed by atoms with Gasteiger partial charge in [-0.25, -0.2) is 10.2 Å². The molecular formula is C54H73N7O6. The molecule has 13 nitrogen and oxygen atoms in total. The van der Waals surface area contributed by atoms with Crippen LogP contribution in [0.2, 0.25) is 0 Å². The summed E-state index contributed by atoms with van der Waals surface area (Å²) in [6, 6.07) is 17.0. The van der Waals surface area contributed by atoms with Gasteiger partial charge in [0.1, 0.15) is 17.7 Å². The van der Waals surface area contributed by atoms with Gasteiger partial charge in [0.2, 0.25) is 5.91 Å². The first-order chi connectivity index (χ1) is 31.7. The summed E-state index contributed by atoms with van der Waals surface area (Å²) in [6.07, 6.45) is 5.32. The molecule has 0 unspecified atom stereocenters. The number of pyridine rings is 1. The summed E-state index contributed by atoms with van der Waals surface area (Å²) >= 11 is 0. The van der Waals surface area contributed by atoms with Gasteiger partial charge in [0.15, 0.2) is 0 Å². The maximum absolute atomic E-state index is 14.8. The van der Waals surface area contributed by atoms with Gasteiger partial charge in [-0.1, -0.05) is 71.9 Å². The van der Waals surface area contributed by atoms with Crippen LogP contribution in [0.25, 0.3) is 33.3 Å². The van der Waals surface area contributed by atoms with Gasteiger partial charge >= 0.3 is 12.1 Å². The summed E-state index contributed by atoms with van der Waals surface area (Å²) in [4.78, 5) is 65.5. The summed E-state index contributed by atoms with van der Waals surface area (Å²) in [5.41, 5.74) is 10.7. The topological polar surface area (TPSA) is 138 Å². The Labute approximate surface area is 397 Å². The van der Waals surface area contributed by atoms with E-state index < -0.39 is 35.1 Å². The SMILES string of the molecule is CCn1c(-c2cccnc2C(C)C)c2c3cc(ccc31)-c1cccc(c1)C[C@H](NC(=O)[C@H](C(C)C)N1CC[C@]3(CCN(C(=O)OC(C)(C)C)C3)C1)C(=O)N1CCC[C@H](N1)C(=O)OCC(C)(C)C2. The Kier molecular flexibility index (Phi) is 13.7. The predicted molar refractivity (Wildman–Crippen MR) is 262 cm³/mol. The first kappa shape index (κ1) is 48.2. The molecule has 4 aromatic rings. The fourth-order valence-electron chi connectivity index (χ4n) is 11.1. The molecule has 4 atom stereocenters. The molecule has 2 aromatic heterocycles. The Hall–Kier alpha value is -5.27. The number of esters is 1. The summed E-state index contributed by atoms with van der Waals surface area (Å²) in [6.45, 7) is 24.5. The Balaban J connectivity index is 1.14. The van der Waals surface area contributed by atoms with E-state index in [4.69, 9.17) is 14.5 Å². The van der Waals surface area contributed by atoms with Crippen LogP contribution in [0.15, 0.2) is 60.8 Å². The van der Waals surface area contributed by atoms with Crippen LogP contribution in [0.3, 0.4) is 0 Å². The van der Waals surface area contributed by atoms with Gasteiger partial charge in [0, 0.05) is 72.6 Å². The van der Waals surface area contributed by atoms with Crippen LogP contribution in [0.1, 0.15) is 118 Å². The van der Waals surface area contributed by atoms with Crippen molar-refractivity contribution in [1.29, 1.82) is 0 Å². The van der Waals surface area contributed by atoms with Crippen LogP contribution in [-0.4, -0.2) is 111 Å². The lowest BCUT2D eigenvalue weighted by atomic mass is 9.83. The van der Waals surface area contributed by atoms with Crippen LogP contribution >= 0.6 is 0 Å². The number of hydrazine groups is 1. The lowest BCUT2D eigenvalue weighted by Crippen LogP contribution is -2.62. The number of cyclic esters (lactones) is 1. The van der Waals surface area contributed by atoms with E-state index in [0.717, 1.165) is 63.9 Å². The van der Waals surface area contributed by atoms with Crippen molar-refractivity contribution in [2.24, 2.45) is 16.7 Å². The van der Waals surface area contributed by atoms with Crippen LogP contribution < -0.4 is 10.7 Å². The van der Waals surface area contributed by atoms with E-state index in [1.165, 1.54) is 10.6 Å². The van der Waals surface area contributed by atoms with E-state index in [9.17, 15) is 19.2 Å². The van der Waals surface area contributed by atoms with Crippen molar-refractivity contribution < 1.29 is 28.7 Å². The van der Waals surface area contributed by atoms with E-state index in [0.29, 0.717) is 52.0 Å². The second-order valence-corrected chi connectivity index (χ2v) is 22.2. The molecule has 1 spiro atoms. The largest absolute Gasteiger partial charge is 0.464 e. The number of aromatic nitrogens is 2. The van der Waals surface area contributed by atoms with E-state index in [2.05, 4.69) is 105 Å². The number of rotatable bonds is 7. The minimum atomic E-state index is -0.917. The number of fused-ring (bicyclic) bond motifs is 6. The number of ether oxygens (including phenoxy) is 2. The number of aryl methyl sites for hydroxylation is 1. The van der Waals surface area contributed by atoms with Gasteiger partial charge in [-0.2, -0.15) is 0 Å². The number of hydrogen-bond acceptors (Lipinski definition) is 9. The Bertz CT molecular complexity index is 2500. The average Bonchev–Trinajstić information content (AvgIpc) is 3.98. The molecule has 3 saturated heterocycles. The molecule has 8 rings (SSSR count). The maximum Gasteiger partial charge on any atom is 0.410 e. The van der Waals surface area contributed by atoms with Gasteiger partial charge < -0.3 is 24.3 Å². The molecule has 0 saturated carbocycles. The second kappa shape index (κ2) is 19.0. The predicted octanol–water partition coefficient (Wildman–Crippen LogP) is 8.52. The number of likely N-dealkylation sites (tertiary alicyclic amines) is 2. The molecule has 2 aromatic carbocycles. The molecule has 13 heteroatoms. The summed E-state index contributed by atoms with van der Waals surface area (Å²) in [7, 11) is 0. The molecule has 2 N–H and O–H groups in total. The second-order valence-electron chi connectivity index (χ2n) is 22.2. The minimum absolute atomic E-state index is 0.0503. The van der Waals surface area contributed by atoms with Crippen molar-refractivity contribution in [3.63, 3.8) is 0 Å². The third-order valence-corrected chi connectivity index (χ3v) is 14.3. The zero-order chi connectivity index (χ0) is 48.0. The molecule has 0 radical (unpaired) electrons. The highest BCUT2D eigenvalue weighted by Gasteiger charge is 2.49. The highest BCUT2D eigenvalue weighted by Crippen LogP contribution is 2.43. The lowest BCUT2D eigenvalue weighted by Gasteiger charge is -2.37. The van der Waals surface area contributed by atoms with Gasteiger partial charge in [-0.05, 0) is 125 Å². The molecule has 6 bridgehead atoms. The van der Waals surface area contributed by atoms with Crippen LogP contribution in [0, 0.1) is 16.7 Å². The molecule has 3 fully saturated rings. The van der Waals surface area contributed by atoms with Crippen LogP contribution in [0.5, 0.6) is 0 Å². The monoisotopic (exact) mass is 916 g/mol. The van der Waals surface area contributed by atoms with Crippen molar-refractivity contribution >= 4 is 34.8 Å². The lowest BCUT2D eigenvalue weighted by molar-refractivity contribution is -0.155. The zero-order valence-electron chi connectivity index (χ0n) is 41.5. The number of benzene rings is 2. The number of amides is 3. The first-order valence-corrected chi connectivity index (χ1v) is 24.7. The number of nitrogens with one attached hydrogen (secondary N) is 2. The smallest absolute Gasteiger partial charge is 0.410 e. The van der Waals surface area contributed by atoms with Gasteiger partial charge in [0.25, 0.3) is 5.91 Å². The highest BCUT2D eigenvalue weighted by atomic mass is 16.6. The normalized spacial score (nSPS) is 23.2. The van der Waals surface area contributed by atoms with Crippen molar-refractivity contribution in [2.45, 2.75) is 144 Å². The fraction of sp³-hybridized carbons (Fsp3) is 0.574. The number of carbonyl (C=O) groups excluding carboxylic acids is 4. The molecular weight excluding hydrogens is 843 g/mol. The Morgan fingerprint density at radius 3 is 2.46 bits per heavy atom. The Morgan fingerprint density at radius 1 is 0.970 bits per heavy atom. The summed E-state index contributed by atoms with van der Waals surface area (Å²) in [5, 5.41) is 5.92. The van der Waals surface area contributed by atoms with Crippen molar-refractivity contribution in [2.75, 3.05) is 39.3 Å². The van der Waals surface area contributed by atoms with E-state index in [1.807, 2.05) is 50.1 Å². The number of carbonyl (C=O) groups is 4. The number of nitrogens with zero attached hydrogens (tertiary/aromatic N) is 5. The van der Waals surface area contributed by atoms with E-state index >= 15 is 0 Å². The molecule has 0 aliphatic carbocycles.